The van der Waals surface area contributed by atoms with Crippen molar-refractivity contribution in [2.75, 3.05) is 6.54 Å². The summed E-state index contributed by atoms with van der Waals surface area (Å²) in [6.07, 6.45) is 8.27. The number of benzene rings is 1. The number of hydrogen-bond acceptors (Lipinski definition) is 6. The van der Waals surface area contributed by atoms with E-state index in [2.05, 4.69) is 24.2 Å². The molecule has 1 amide bonds. The van der Waals surface area contributed by atoms with Crippen LogP contribution in [0.1, 0.15) is 77.8 Å². The van der Waals surface area contributed by atoms with Crippen LogP contribution in [0.2, 0.25) is 0 Å². The Morgan fingerprint density at radius 3 is 2.94 bits per heavy atom. The fraction of sp³-hybridized carbons (Fsp3) is 0.440. The summed E-state index contributed by atoms with van der Waals surface area (Å²) in [5.74, 6) is 0.495. The topological polar surface area (TPSA) is 89.4 Å². The molecule has 2 fully saturated rings. The Kier molecular flexibility index (Phi) is 5.14. The molecule has 8 heteroatoms. The van der Waals surface area contributed by atoms with Gasteiger partial charge >= 0.3 is 0 Å². The number of carbonyl (C=O) groups excluding carboxylic acids is 1. The minimum absolute atomic E-state index is 0.0335. The van der Waals surface area contributed by atoms with E-state index >= 15 is 0 Å². The second-order valence-corrected chi connectivity index (χ2v) is 10.4. The Hall–Kier alpha value is -2.84. The maximum absolute atomic E-state index is 13.5. The molecule has 1 aromatic carbocycles. The van der Waals surface area contributed by atoms with Crippen LogP contribution in [0.4, 0.5) is 0 Å². The molecular weight excluding hydrogens is 432 g/mol. The summed E-state index contributed by atoms with van der Waals surface area (Å²) >= 11 is 1.57. The quantitative estimate of drug-likeness (QED) is 0.482. The van der Waals surface area contributed by atoms with E-state index in [-0.39, 0.29) is 18.0 Å². The molecule has 3 atom stereocenters. The van der Waals surface area contributed by atoms with E-state index in [0.717, 1.165) is 83.4 Å². The molecule has 2 N–H and O–H groups in total. The van der Waals surface area contributed by atoms with Crippen molar-refractivity contribution in [3.8, 4) is 0 Å². The van der Waals surface area contributed by atoms with Crippen LogP contribution < -0.4 is 5.73 Å². The predicted octanol–water partition coefficient (Wildman–Crippen LogP) is 4.61. The maximum Gasteiger partial charge on any atom is 0.254 e. The highest BCUT2D eigenvalue weighted by atomic mass is 32.1. The van der Waals surface area contributed by atoms with Gasteiger partial charge in [-0.05, 0) is 69.2 Å². The van der Waals surface area contributed by atoms with Crippen molar-refractivity contribution in [1.29, 1.82) is 0 Å². The minimum Gasteiger partial charge on any atom is -0.330 e. The molecule has 1 saturated carbocycles. The van der Waals surface area contributed by atoms with Gasteiger partial charge in [-0.3, -0.25) is 4.79 Å². The number of aryl methyl sites for hydroxylation is 1. The first-order valence-corrected chi connectivity index (χ1v) is 12.7. The molecule has 7 nitrogen and oxygen atoms in total. The highest BCUT2D eigenvalue weighted by molar-refractivity contribution is 7.16. The third-order valence-corrected chi connectivity index (χ3v) is 8.02. The van der Waals surface area contributed by atoms with Gasteiger partial charge < -0.3 is 10.6 Å². The van der Waals surface area contributed by atoms with Gasteiger partial charge in [0.15, 0.2) is 5.65 Å². The summed E-state index contributed by atoms with van der Waals surface area (Å²) in [5.41, 5.74) is 13.7. The molecule has 0 radical (unpaired) electrons. The number of rotatable bonds is 3. The van der Waals surface area contributed by atoms with Gasteiger partial charge in [0.05, 0.1) is 33.2 Å². The van der Waals surface area contributed by atoms with Crippen LogP contribution in [-0.2, 0) is 0 Å². The summed E-state index contributed by atoms with van der Waals surface area (Å²) in [4.78, 5) is 24.9. The third kappa shape index (κ3) is 3.71. The number of fused-ring (bicyclic) bond motifs is 2. The van der Waals surface area contributed by atoms with Crippen LogP contribution in [0.15, 0.2) is 36.0 Å². The zero-order valence-electron chi connectivity index (χ0n) is 18.8. The summed E-state index contributed by atoms with van der Waals surface area (Å²) in [5, 5.41) is 4.88. The number of nitrogens with zero attached hydrogens (tertiary/aromatic N) is 5. The lowest BCUT2D eigenvalue weighted by Crippen LogP contribution is -2.38. The van der Waals surface area contributed by atoms with E-state index in [4.69, 9.17) is 15.8 Å². The van der Waals surface area contributed by atoms with Gasteiger partial charge in [0.25, 0.3) is 5.91 Å². The lowest BCUT2D eigenvalue weighted by atomic mass is 9.98. The molecule has 0 bridgehead atoms. The van der Waals surface area contributed by atoms with Crippen LogP contribution in [0.25, 0.3) is 15.9 Å². The fourth-order valence-electron chi connectivity index (χ4n) is 5.52. The Morgan fingerprint density at radius 1 is 1.18 bits per heavy atom. The number of carbonyl (C=O) groups is 1. The number of nitrogens with two attached hydrogens (primary N) is 1. The van der Waals surface area contributed by atoms with E-state index in [1.54, 1.807) is 11.3 Å². The first-order valence-electron chi connectivity index (χ1n) is 11.8. The largest absolute Gasteiger partial charge is 0.330 e. The average molecular weight is 461 g/mol. The van der Waals surface area contributed by atoms with E-state index in [1.807, 2.05) is 33.1 Å². The van der Waals surface area contributed by atoms with Crippen LogP contribution in [0.5, 0.6) is 0 Å². The van der Waals surface area contributed by atoms with Crippen molar-refractivity contribution in [2.24, 2.45) is 5.73 Å². The van der Waals surface area contributed by atoms with Crippen LogP contribution in [0, 0.1) is 6.92 Å². The molecule has 0 spiro atoms. The number of thiazole rings is 1. The number of piperidine rings is 1. The van der Waals surface area contributed by atoms with Crippen molar-refractivity contribution in [3.63, 3.8) is 0 Å². The zero-order valence-corrected chi connectivity index (χ0v) is 19.6. The Bertz CT molecular complexity index is 1340. The van der Waals surface area contributed by atoms with E-state index < -0.39 is 0 Å². The molecule has 4 aromatic rings. The van der Waals surface area contributed by atoms with Crippen molar-refractivity contribution >= 4 is 33.1 Å². The molecule has 1 unspecified atom stereocenters. The third-order valence-electron chi connectivity index (χ3n) is 7.23. The Labute approximate surface area is 196 Å². The Morgan fingerprint density at radius 2 is 2.09 bits per heavy atom. The summed E-state index contributed by atoms with van der Waals surface area (Å²) in [7, 11) is 0. The number of amides is 1. The minimum atomic E-state index is -0.0335. The SMILES string of the molecule is Cc1cn2nc([C@@H]3CCCCN3C(=O)c3ccc4ncsc4c3)cc2nc1C1CC[C@H](N)C1. The number of aromatic nitrogens is 4. The first kappa shape index (κ1) is 20.7. The number of likely N-dealkylation sites (tertiary alicyclic amines) is 1. The summed E-state index contributed by atoms with van der Waals surface area (Å²) < 4.78 is 2.92. The smallest absolute Gasteiger partial charge is 0.254 e. The van der Waals surface area contributed by atoms with Gasteiger partial charge in [0.1, 0.15) is 0 Å². The van der Waals surface area contributed by atoms with Crippen molar-refractivity contribution in [1.82, 2.24) is 24.5 Å². The lowest BCUT2D eigenvalue weighted by molar-refractivity contribution is 0.0606. The van der Waals surface area contributed by atoms with Crippen molar-refractivity contribution < 1.29 is 4.79 Å². The highest BCUT2D eigenvalue weighted by Gasteiger charge is 2.31. The fourth-order valence-corrected chi connectivity index (χ4v) is 6.24. The highest BCUT2D eigenvalue weighted by Crippen LogP contribution is 2.36. The maximum atomic E-state index is 13.5. The monoisotopic (exact) mass is 460 g/mol. The molecule has 1 aliphatic carbocycles. The van der Waals surface area contributed by atoms with Gasteiger partial charge in [-0.1, -0.05) is 0 Å². The lowest BCUT2D eigenvalue weighted by Gasteiger charge is -2.34. The van der Waals surface area contributed by atoms with Gasteiger partial charge in [-0.25, -0.2) is 14.5 Å². The van der Waals surface area contributed by atoms with Gasteiger partial charge in [0.2, 0.25) is 0 Å². The van der Waals surface area contributed by atoms with Crippen molar-refractivity contribution in [3.05, 3.63) is 58.5 Å². The average Bonchev–Trinajstić information content (AvgIpc) is 3.56. The molecule has 6 rings (SSSR count). The molecule has 2 aliphatic rings. The Balaban J connectivity index is 1.33. The van der Waals surface area contributed by atoms with Crippen LogP contribution >= 0.6 is 11.3 Å². The summed E-state index contributed by atoms with van der Waals surface area (Å²) in [6.45, 7) is 2.86. The zero-order chi connectivity index (χ0) is 22.5. The van der Waals surface area contributed by atoms with E-state index in [9.17, 15) is 4.79 Å². The van der Waals surface area contributed by atoms with Crippen LogP contribution in [0.3, 0.4) is 0 Å². The number of hydrogen-bond donors (Lipinski definition) is 1. The normalized spacial score (nSPS) is 23.6. The van der Waals surface area contributed by atoms with Gasteiger partial charge in [-0.15, -0.1) is 11.3 Å². The molecule has 1 aliphatic heterocycles. The second kappa shape index (κ2) is 8.18. The van der Waals surface area contributed by atoms with E-state index in [1.165, 1.54) is 0 Å². The molecule has 1 saturated heterocycles. The molecule has 3 aromatic heterocycles. The van der Waals surface area contributed by atoms with Crippen molar-refractivity contribution in [2.45, 2.75) is 63.5 Å². The summed E-state index contributed by atoms with van der Waals surface area (Å²) in [6, 6.07) is 8.11. The van der Waals surface area contributed by atoms with Gasteiger partial charge in [-0.2, -0.15) is 5.10 Å². The predicted molar refractivity (Wildman–Crippen MR) is 130 cm³/mol. The van der Waals surface area contributed by atoms with E-state index in [0.29, 0.717) is 5.92 Å². The van der Waals surface area contributed by atoms with Gasteiger partial charge in [0, 0.05) is 36.3 Å². The van der Waals surface area contributed by atoms with Crippen LogP contribution in [-0.4, -0.2) is 43.0 Å². The molecule has 33 heavy (non-hydrogen) atoms. The molecule has 170 valence electrons. The first-order chi connectivity index (χ1) is 16.1. The second-order valence-electron chi connectivity index (χ2n) is 9.50. The standard InChI is InChI=1S/C25H28N6OS/c1-15-13-31-23(28-24(15)16-5-7-18(26)10-16)12-20(29-31)21-4-2-3-9-30(21)25(32)17-6-8-19-22(11-17)33-14-27-19/h6,8,11-14,16,18,21H,2-5,7,9-10,26H2,1H3/t16?,18-,21-/m0/s1. The molecular formula is C25H28N6OS. The molecule has 4 heterocycles.